The number of carbonyl (C=O) groups is 2. The van der Waals surface area contributed by atoms with Gasteiger partial charge in [0.2, 0.25) is 0 Å². The van der Waals surface area contributed by atoms with Crippen LogP contribution in [-0.2, 0) is 17.8 Å². The van der Waals surface area contributed by atoms with E-state index >= 15 is 0 Å². The van der Waals surface area contributed by atoms with E-state index in [-0.39, 0.29) is 11.7 Å². The lowest BCUT2D eigenvalue weighted by atomic mass is 9.99. The smallest absolute Gasteiger partial charge is 0.303 e. The quantitative estimate of drug-likeness (QED) is 0.871. The highest BCUT2D eigenvalue weighted by Gasteiger charge is 2.38. The minimum Gasteiger partial charge on any atom is -0.313 e. The fourth-order valence-electron chi connectivity index (χ4n) is 3.84. The third-order valence-electron chi connectivity index (χ3n) is 5.35. The third kappa shape index (κ3) is 2.76. The molecule has 1 atom stereocenters. The first-order chi connectivity index (χ1) is 12.0. The lowest BCUT2D eigenvalue weighted by Gasteiger charge is -2.29. The van der Waals surface area contributed by atoms with Crippen molar-refractivity contribution in [2.45, 2.75) is 32.7 Å². The maximum Gasteiger partial charge on any atom is 0.303 e. The Balaban J connectivity index is 1.58. The molecule has 1 N–H and O–H groups in total. The van der Waals surface area contributed by atoms with Crippen molar-refractivity contribution in [1.82, 2.24) is 0 Å². The average Bonchev–Trinajstić information content (AvgIpc) is 2.86. The lowest BCUT2D eigenvalue weighted by molar-refractivity contribution is -0.914. The largest absolute Gasteiger partial charge is 0.313 e. The fourth-order valence-corrected chi connectivity index (χ4v) is 3.84. The summed E-state index contributed by atoms with van der Waals surface area (Å²) in [5.74, 6) is -0.414. The summed E-state index contributed by atoms with van der Waals surface area (Å²) >= 11 is 0. The molecule has 4 nitrogen and oxygen atoms in total. The van der Waals surface area contributed by atoms with Gasteiger partial charge in [-0.2, -0.15) is 0 Å². The molecule has 2 aliphatic heterocycles. The van der Waals surface area contributed by atoms with Crippen LogP contribution in [0, 0.1) is 0 Å². The van der Waals surface area contributed by atoms with Crippen LogP contribution in [0.3, 0.4) is 0 Å². The van der Waals surface area contributed by atoms with Crippen molar-refractivity contribution >= 4 is 17.4 Å². The summed E-state index contributed by atoms with van der Waals surface area (Å²) < 4.78 is 0. The molecular formula is C21H23N2O2+. The van der Waals surface area contributed by atoms with Crippen molar-refractivity contribution in [3.63, 3.8) is 0 Å². The Bertz CT molecular complexity index is 857. The van der Waals surface area contributed by atoms with Crippen LogP contribution in [0.1, 0.15) is 46.8 Å². The van der Waals surface area contributed by atoms with Crippen molar-refractivity contribution in [1.29, 1.82) is 0 Å². The van der Waals surface area contributed by atoms with Gasteiger partial charge < -0.3 is 4.90 Å². The zero-order valence-corrected chi connectivity index (χ0v) is 14.7. The number of carbonyl (C=O) groups excluding carboxylic acids is 2. The minimum atomic E-state index is -0.387. The normalized spacial score (nSPS) is 19.3. The van der Waals surface area contributed by atoms with Gasteiger partial charge in [-0.25, -0.2) is 0 Å². The number of rotatable bonds is 3. The predicted molar refractivity (Wildman–Crippen MR) is 96.9 cm³/mol. The molecule has 2 aromatic carbocycles. The zero-order chi connectivity index (χ0) is 17.6. The lowest BCUT2D eigenvalue weighted by Crippen LogP contribution is -3.13. The van der Waals surface area contributed by atoms with E-state index in [2.05, 4.69) is 38.1 Å². The Hall–Kier alpha value is -2.46. The number of benzene rings is 2. The molecule has 2 heterocycles. The molecule has 4 rings (SSSR count). The number of nitrogens with one attached hydrogen (secondary N) is 1. The maximum atomic E-state index is 12.5. The number of hydrogen-bond donors (Lipinski definition) is 1. The molecule has 128 valence electrons. The van der Waals surface area contributed by atoms with Gasteiger partial charge in [0, 0.05) is 12.0 Å². The fraction of sp³-hybridized carbons (Fsp3) is 0.333. The van der Waals surface area contributed by atoms with Crippen LogP contribution < -0.4 is 9.80 Å². The van der Waals surface area contributed by atoms with E-state index in [1.165, 1.54) is 16.0 Å². The number of nitrogens with zero attached hydrogens (tertiary/aromatic N) is 1. The second kappa shape index (κ2) is 6.12. The van der Waals surface area contributed by atoms with Gasteiger partial charge in [0.15, 0.2) is 6.67 Å². The van der Waals surface area contributed by atoms with Crippen LogP contribution in [0.2, 0.25) is 0 Å². The van der Waals surface area contributed by atoms with Gasteiger partial charge in [-0.05, 0) is 29.2 Å². The molecule has 0 aromatic heterocycles. The highest BCUT2D eigenvalue weighted by molar-refractivity contribution is 6.52. The van der Waals surface area contributed by atoms with Crippen molar-refractivity contribution in [2.75, 3.05) is 18.1 Å². The van der Waals surface area contributed by atoms with E-state index in [9.17, 15) is 9.59 Å². The van der Waals surface area contributed by atoms with E-state index < -0.39 is 0 Å². The van der Waals surface area contributed by atoms with Gasteiger partial charge in [0.05, 0.1) is 17.8 Å². The molecular weight excluding hydrogens is 312 g/mol. The van der Waals surface area contributed by atoms with Crippen LogP contribution in [-0.4, -0.2) is 24.9 Å². The Morgan fingerprint density at radius 1 is 1.08 bits per heavy atom. The van der Waals surface area contributed by atoms with Gasteiger partial charge in [-0.3, -0.25) is 14.5 Å². The SMILES string of the molecule is CC(C)c1ccc2c(c1)C(=O)C(=O)N2C[NH+]1CCc2ccccc2C1. The van der Waals surface area contributed by atoms with Crippen molar-refractivity contribution < 1.29 is 14.5 Å². The maximum absolute atomic E-state index is 12.5. The van der Waals surface area contributed by atoms with Crippen LogP contribution >= 0.6 is 0 Å². The van der Waals surface area contributed by atoms with Crippen molar-refractivity contribution in [2.24, 2.45) is 0 Å². The molecule has 2 aromatic rings. The summed E-state index contributed by atoms with van der Waals surface area (Å²) in [6.45, 7) is 6.61. The van der Waals surface area contributed by atoms with E-state index in [0.29, 0.717) is 18.2 Å². The molecule has 0 spiro atoms. The number of amides is 1. The predicted octanol–water partition coefficient (Wildman–Crippen LogP) is 1.94. The minimum absolute atomic E-state index is 0.339. The van der Waals surface area contributed by atoms with Gasteiger partial charge >= 0.3 is 5.91 Å². The molecule has 0 aliphatic carbocycles. The summed E-state index contributed by atoms with van der Waals surface area (Å²) in [7, 11) is 0. The highest BCUT2D eigenvalue weighted by atomic mass is 16.2. The summed E-state index contributed by atoms with van der Waals surface area (Å²) in [6, 6.07) is 14.3. The molecule has 0 saturated carbocycles. The van der Waals surface area contributed by atoms with Gasteiger partial charge in [-0.1, -0.05) is 44.2 Å². The monoisotopic (exact) mass is 335 g/mol. The molecule has 4 heteroatoms. The average molecular weight is 335 g/mol. The number of anilines is 1. The molecule has 0 saturated heterocycles. The second-order valence-corrected chi connectivity index (χ2v) is 7.35. The summed E-state index contributed by atoms with van der Waals surface area (Å²) in [5.41, 5.74) is 5.17. The molecule has 1 unspecified atom stereocenters. The van der Waals surface area contributed by atoms with Gasteiger partial charge in [0.25, 0.3) is 5.78 Å². The number of quaternary nitrogens is 1. The molecule has 1 amide bonds. The Kier molecular flexibility index (Phi) is 3.92. The number of ketones is 1. The van der Waals surface area contributed by atoms with Gasteiger partial charge in [-0.15, -0.1) is 0 Å². The van der Waals surface area contributed by atoms with Crippen molar-refractivity contribution in [3.8, 4) is 0 Å². The highest BCUT2D eigenvalue weighted by Crippen LogP contribution is 2.31. The van der Waals surface area contributed by atoms with Crippen LogP contribution in [0.5, 0.6) is 0 Å². The van der Waals surface area contributed by atoms with Crippen LogP contribution in [0.15, 0.2) is 42.5 Å². The van der Waals surface area contributed by atoms with Gasteiger partial charge in [0.1, 0.15) is 6.54 Å². The first-order valence-electron chi connectivity index (χ1n) is 8.95. The number of Topliss-reactive ketones (excluding diaryl/α,β-unsaturated/α-hetero) is 1. The topological polar surface area (TPSA) is 41.8 Å². The van der Waals surface area contributed by atoms with E-state index in [4.69, 9.17) is 0 Å². The first-order valence-corrected chi connectivity index (χ1v) is 8.95. The van der Waals surface area contributed by atoms with Crippen LogP contribution in [0.4, 0.5) is 5.69 Å². The Labute approximate surface area is 148 Å². The summed E-state index contributed by atoms with van der Waals surface area (Å²) in [4.78, 5) is 27.9. The number of fused-ring (bicyclic) bond motifs is 2. The van der Waals surface area contributed by atoms with E-state index in [1.54, 1.807) is 4.90 Å². The zero-order valence-electron chi connectivity index (χ0n) is 14.7. The summed E-state index contributed by atoms with van der Waals surface area (Å²) in [5, 5.41) is 0. The number of hydrogen-bond acceptors (Lipinski definition) is 2. The van der Waals surface area contributed by atoms with E-state index in [1.807, 2.05) is 18.2 Å². The Morgan fingerprint density at radius 2 is 1.84 bits per heavy atom. The molecule has 25 heavy (non-hydrogen) atoms. The molecule has 0 fully saturated rings. The standard InChI is InChI=1S/C21H22N2O2/c1-14(2)16-7-8-19-18(11-16)20(24)21(25)23(19)13-22-10-9-15-5-3-4-6-17(15)12-22/h3-8,11,14H,9-10,12-13H2,1-2H3/p+1. The first kappa shape index (κ1) is 16.0. The molecule has 0 bridgehead atoms. The second-order valence-electron chi connectivity index (χ2n) is 7.35. The van der Waals surface area contributed by atoms with E-state index in [0.717, 1.165) is 30.8 Å². The van der Waals surface area contributed by atoms with Crippen molar-refractivity contribution in [3.05, 3.63) is 64.7 Å². The summed E-state index contributed by atoms with van der Waals surface area (Å²) in [6.07, 6.45) is 1.01. The molecule has 0 radical (unpaired) electrons. The third-order valence-corrected chi connectivity index (χ3v) is 5.35. The Morgan fingerprint density at radius 3 is 2.60 bits per heavy atom. The van der Waals surface area contributed by atoms with Crippen LogP contribution in [0.25, 0.3) is 0 Å². The molecule has 2 aliphatic rings.